The van der Waals surface area contributed by atoms with Crippen LogP contribution in [-0.4, -0.2) is 99.7 Å². The Hall–Kier alpha value is -1.69. The van der Waals surface area contributed by atoms with Gasteiger partial charge in [0.2, 0.25) is 0 Å². The molecule has 0 aliphatic carbocycles. The van der Waals surface area contributed by atoms with Gasteiger partial charge in [0, 0.05) is 0 Å². The van der Waals surface area contributed by atoms with Crippen LogP contribution in [0.5, 0.6) is 11.5 Å². The smallest absolute Gasteiger partial charge is 0.267 e. The summed E-state index contributed by atoms with van der Waals surface area (Å²) >= 11 is 0. The van der Waals surface area contributed by atoms with Gasteiger partial charge in [-0.3, -0.25) is 0 Å². The molecule has 8 heteroatoms. The Bertz CT molecular complexity index is 1150. The van der Waals surface area contributed by atoms with Crippen LogP contribution in [0.2, 0.25) is 0 Å². The van der Waals surface area contributed by atoms with Gasteiger partial charge >= 0.3 is 0 Å². The molecule has 0 bridgehead atoms. The minimum absolute atomic E-state index is 0.770. The summed E-state index contributed by atoms with van der Waals surface area (Å²) in [6.07, 6.45) is 6.99. The quantitative estimate of drug-likeness (QED) is 0.0921. The van der Waals surface area contributed by atoms with E-state index in [2.05, 4.69) is 126 Å². The van der Waals surface area contributed by atoms with Gasteiger partial charge in [-0.2, -0.15) is 0 Å². The van der Waals surface area contributed by atoms with Gasteiger partial charge in [-0.15, -0.1) is 0 Å². The van der Waals surface area contributed by atoms with E-state index in [1.54, 1.807) is 10.4 Å². The van der Waals surface area contributed by atoms with E-state index in [4.69, 9.17) is 9.47 Å². The highest BCUT2D eigenvalue weighted by atomic mass is 29.3. The molecule has 0 saturated heterocycles. The first kappa shape index (κ1) is 40.7. The topological polar surface area (TPSA) is 31.4 Å². The van der Waals surface area contributed by atoms with Crippen molar-refractivity contribution in [3.05, 3.63) is 35.4 Å². The average Bonchev–Trinajstić information content (AvgIpc) is 3.09. The second-order valence-electron chi connectivity index (χ2n) is 13.5. The molecule has 2 aromatic rings. The van der Waals surface area contributed by atoms with Crippen LogP contribution in [0.4, 0.5) is 0 Å². The summed E-state index contributed by atoms with van der Waals surface area (Å²) in [7, 11) is -5.43. The predicted octanol–water partition coefficient (Wildman–Crippen LogP) is 7.87. The molecular weight excluding hydrogens is 625 g/mol. The zero-order valence-corrected chi connectivity index (χ0v) is 35.2. The molecule has 1 heterocycles. The van der Waals surface area contributed by atoms with Crippen LogP contribution < -0.4 is 19.8 Å². The standard InChI is InChI=1S/C40H72N4O2Si2/c1-13-23-25-27-45-37-31-35-36-32-38(46-28-26-24-14-2)34(12)30-40(36)48(43(19-7)20-8,44(21-9)22-10)47(41(15-3)16-4,42(17-5)18-6)39(35)29-33(37)11/h29-32H,13-28H2,1-12H3. The van der Waals surface area contributed by atoms with Crippen molar-refractivity contribution in [2.24, 2.45) is 0 Å². The van der Waals surface area contributed by atoms with E-state index < -0.39 is 15.8 Å². The molecule has 0 spiro atoms. The minimum atomic E-state index is -2.72. The summed E-state index contributed by atoms with van der Waals surface area (Å²) in [6.45, 7) is 38.3. The maximum Gasteiger partial charge on any atom is 0.267 e. The summed E-state index contributed by atoms with van der Waals surface area (Å²) in [5, 5.41) is 3.18. The zero-order valence-electron chi connectivity index (χ0n) is 33.2. The van der Waals surface area contributed by atoms with Crippen molar-refractivity contribution in [2.75, 3.05) is 65.6 Å². The fraction of sp³-hybridized carbons (Fsp3) is 0.700. The van der Waals surface area contributed by atoms with Crippen LogP contribution in [0.1, 0.15) is 119 Å². The monoisotopic (exact) mass is 697 g/mol. The first-order valence-electron chi connectivity index (χ1n) is 19.8. The number of aryl methyl sites for hydroxylation is 2. The molecule has 0 amide bonds. The van der Waals surface area contributed by atoms with E-state index in [0.29, 0.717) is 0 Å². The summed E-state index contributed by atoms with van der Waals surface area (Å²) in [5.41, 5.74) is 5.31. The average molecular weight is 697 g/mol. The summed E-state index contributed by atoms with van der Waals surface area (Å²) in [6, 6.07) is 10.1. The number of fused-ring (bicyclic) bond motifs is 3. The molecule has 0 N–H and O–H groups in total. The van der Waals surface area contributed by atoms with Gasteiger partial charge in [0.1, 0.15) is 11.5 Å². The third-order valence-corrected chi connectivity index (χ3v) is 28.9. The van der Waals surface area contributed by atoms with Crippen LogP contribution in [0.25, 0.3) is 11.1 Å². The lowest BCUT2D eigenvalue weighted by atomic mass is 10.0. The molecule has 2 aromatic carbocycles. The molecule has 48 heavy (non-hydrogen) atoms. The Morgan fingerprint density at radius 2 is 0.729 bits per heavy atom. The van der Waals surface area contributed by atoms with Crippen molar-refractivity contribution in [3.8, 4) is 22.6 Å². The summed E-state index contributed by atoms with van der Waals surface area (Å²) in [5.74, 6) is 2.09. The van der Waals surface area contributed by atoms with E-state index >= 15 is 0 Å². The van der Waals surface area contributed by atoms with E-state index in [-0.39, 0.29) is 0 Å². The number of benzene rings is 2. The third kappa shape index (κ3) is 7.22. The normalized spacial score (nSPS) is 15.0. The minimum Gasteiger partial charge on any atom is -0.493 e. The van der Waals surface area contributed by atoms with E-state index in [1.807, 2.05) is 0 Å². The van der Waals surface area contributed by atoms with Crippen molar-refractivity contribution in [3.63, 3.8) is 0 Å². The highest BCUT2D eigenvalue weighted by molar-refractivity contribution is 7.48. The summed E-state index contributed by atoms with van der Waals surface area (Å²) < 4.78 is 25.2. The highest BCUT2D eigenvalue weighted by Gasteiger charge is 2.72. The van der Waals surface area contributed by atoms with Crippen molar-refractivity contribution in [1.82, 2.24) is 18.3 Å². The maximum atomic E-state index is 6.64. The lowest BCUT2D eigenvalue weighted by molar-refractivity contribution is 0.303. The molecule has 272 valence electrons. The van der Waals surface area contributed by atoms with Crippen LogP contribution in [0.15, 0.2) is 24.3 Å². The fourth-order valence-corrected chi connectivity index (χ4v) is 31.8. The molecule has 0 saturated carbocycles. The van der Waals surface area contributed by atoms with Crippen molar-refractivity contribution < 1.29 is 9.47 Å². The molecule has 0 atom stereocenters. The Morgan fingerprint density at radius 3 is 0.979 bits per heavy atom. The Kier molecular flexibility index (Phi) is 16.2. The molecule has 6 nitrogen and oxygen atoms in total. The first-order chi connectivity index (χ1) is 23.2. The van der Waals surface area contributed by atoms with Gasteiger partial charge in [-0.05, 0) is 124 Å². The number of unbranched alkanes of at least 4 members (excludes halogenated alkanes) is 4. The van der Waals surface area contributed by atoms with Gasteiger partial charge in [-0.25, -0.2) is 0 Å². The predicted molar refractivity (Wildman–Crippen MR) is 214 cm³/mol. The van der Waals surface area contributed by atoms with Crippen LogP contribution in [0, 0.1) is 13.8 Å². The Labute approximate surface area is 298 Å². The van der Waals surface area contributed by atoms with Gasteiger partial charge in [0.25, 0.3) is 15.8 Å². The van der Waals surface area contributed by atoms with E-state index in [9.17, 15) is 0 Å². The second kappa shape index (κ2) is 19.1. The van der Waals surface area contributed by atoms with Gasteiger partial charge < -0.3 is 27.7 Å². The molecule has 0 fully saturated rings. The SMILES string of the molecule is CCCCCOc1cc2c(cc1C)[Si](N(CC)CC)(N(CC)CC)[Si](N(CC)CC)(N(CC)CC)c1cc(C)c(OCCCCC)cc1-2. The van der Waals surface area contributed by atoms with Gasteiger partial charge in [0.05, 0.1) is 13.2 Å². The zero-order chi connectivity index (χ0) is 35.5. The highest BCUT2D eigenvalue weighted by Crippen LogP contribution is 2.43. The second-order valence-corrected chi connectivity index (χ2v) is 24.0. The van der Waals surface area contributed by atoms with Crippen molar-refractivity contribution in [2.45, 2.75) is 122 Å². The number of hydrogen-bond donors (Lipinski definition) is 0. The molecule has 0 unspecified atom stereocenters. The Morgan fingerprint density at radius 1 is 0.438 bits per heavy atom. The fourth-order valence-electron chi connectivity index (χ4n) is 8.84. The Balaban J connectivity index is 2.65. The molecule has 3 rings (SSSR count). The lowest BCUT2D eigenvalue weighted by Crippen LogP contribution is -2.99. The molecule has 1 aliphatic heterocycles. The van der Waals surface area contributed by atoms with E-state index in [1.165, 1.54) is 47.9 Å². The van der Waals surface area contributed by atoms with Crippen LogP contribution in [-0.2, 0) is 0 Å². The number of hydrogen-bond acceptors (Lipinski definition) is 6. The number of ether oxygens (including phenoxy) is 2. The lowest BCUT2D eigenvalue weighted by Gasteiger charge is -2.65. The number of rotatable bonds is 22. The van der Waals surface area contributed by atoms with Gasteiger partial charge in [-0.1, -0.05) is 107 Å². The molecule has 1 aliphatic rings. The largest absolute Gasteiger partial charge is 0.493 e. The van der Waals surface area contributed by atoms with Crippen LogP contribution >= 0.6 is 0 Å². The third-order valence-electron chi connectivity index (χ3n) is 11.1. The van der Waals surface area contributed by atoms with Crippen molar-refractivity contribution in [1.29, 1.82) is 0 Å². The molecule has 0 aromatic heterocycles. The van der Waals surface area contributed by atoms with Crippen molar-refractivity contribution >= 4 is 26.2 Å². The van der Waals surface area contributed by atoms with Gasteiger partial charge in [0.15, 0.2) is 0 Å². The molecule has 0 radical (unpaired) electrons. The maximum absolute atomic E-state index is 6.64. The summed E-state index contributed by atoms with van der Waals surface area (Å²) in [4.78, 5) is 0. The van der Waals surface area contributed by atoms with Crippen LogP contribution in [0.3, 0.4) is 0 Å². The van der Waals surface area contributed by atoms with E-state index in [0.717, 1.165) is 89.9 Å². The first-order valence-corrected chi connectivity index (χ1v) is 24.6. The molecular formula is C40H72N4O2Si2. The number of nitrogens with zero attached hydrogens (tertiary/aromatic N) is 4.